The molecule has 1 aliphatic carbocycles. The zero-order valence-corrected chi connectivity index (χ0v) is 18.0. The van der Waals surface area contributed by atoms with Crippen LogP contribution in [0.25, 0.3) is 0 Å². The van der Waals surface area contributed by atoms with Crippen molar-refractivity contribution in [3.63, 3.8) is 0 Å². The zero-order chi connectivity index (χ0) is 17.3. The van der Waals surface area contributed by atoms with Crippen LogP contribution in [0.15, 0.2) is 29.3 Å². The van der Waals surface area contributed by atoms with Gasteiger partial charge in [0.25, 0.3) is 0 Å². The SMILES string of the molecule is CCNC(=NCc1cccc(OC)c1)NCC1(CCOCC)CC1.I. The van der Waals surface area contributed by atoms with E-state index in [1.165, 1.54) is 12.8 Å². The number of nitrogens with zero attached hydrogens (tertiary/aromatic N) is 1. The van der Waals surface area contributed by atoms with E-state index in [-0.39, 0.29) is 24.0 Å². The minimum absolute atomic E-state index is 0. The first-order valence-electron chi connectivity index (χ1n) is 8.94. The predicted molar refractivity (Wildman–Crippen MR) is 114 cm³/mol. The second-order valence-corrected chi connectivity index (χ2v) is 6.35. The van der Waals surface area contributed by atoms with E-state index in [9.17, 15) is 0 Å². The van der Waals surface area contributed by atoms with Gasteiger partial charge in [0.2, 0.25) is 0 Å². The lowest BCUT2D eigenvalue weighted by molar-refractivity contribution is 0.128. The Bertz CT molecular complexity index is 533. The summed E-state index contributed by atoms with van der Waals surface area (Å²) in [6.07, 6.45) is 3.69. The van der Waals surface area contributed by atoms with Gasteiger partial charge in [0.15, 0.2) is 5.96 Å². The van der Waals surface area contributed by atoms with Crippen LogP contribution in [0.3, 0.4) is 0 Å². The molecule has 0 heterocycles. The topological polar surface area (TPSA) is 54.9 Å². The molecule has 1 fully saturated rings. The summed E-state index contributed by atoms with van der Waals surface area (Å²) in [7, 11) is 1.69. The molecule has 6 heteroatoms. The van der Waals surface area contributed by atoms with E-state index in [1.807, 2.05) is 25.1 Å². The van der Waals surface area contributed by atoms with Gasteiger partial charge in [-0.25, -0.2) is 4.99 Å². The van der Waals surface area contributed by atoms with Gasteiger partial charge in [-0.1, -0.05) is 12.1 Å². The number of methoxy groups -OCH3 is 1. The summed E-state index contributed by atoms with van der Waals surface area (Å²) >= 11 is 0. The largest absolute Gasteiger partial charge is 0.497 e. The van der Waals surface area contributed by atoms with Gasteiger partial charge in [0.05, 0.1) is 13.7 Å². The van der Waals surface area contributed by atoms with Crippen LogP contribution in [0.1, 0.15) is 38.7 Å². The summed E-state index contributed by atoms with van der Waals surface area (Å²) in [4.78, 5) is 4.69. The molecule has 0 aromatic heterocycles. The van der Waals surface area contributed by atoms with Crippen molar-refractivity contribution in [1.82, 2.24) is 10.6 Å². The molecule has 0 saturated heterocycles. The van der Waals surface area contributed by atoms with E-state index in [4.69, 9.17) is 14.5 Å². The first-order valence-corrected chi connectivity index (χ1v) is 8.94. The van der Waals surface area contributed by atoms with Gasteiger partial charge in [0.1, 0.15) is 5.75 Å². The zero-order valence-electron chi connectivity index (χ0n) is 15.6. The van der Waals surface area contributed by atoms with Crippen LogP contribution < -0.4 is 15.4 Å². The second kappa shape index (κ2) is 11.6. The number of ether oxygens (including phenoxy) is 2. The van der Waals surface area contributed by atoms with Gasteiger partial charge < -0.3 is 20.1 Å². The third-order valence-electron chi connectivity index (χ3n) is 4.47. The number of aliphatic imine (C=N–C) groups is 1. The van der Waals surface area contributed by atoms with Gasteiger partial charge in [-0.2, -0.15) is 0 Å². The number of benzene rings is 1. The highest BCUT2D eigenvalue weighted by Gasteiger charge is 2.41. The van der Waals surface area contributed by atoms with E-state index in [1.54, 1.807) is 7.11 Å². The van der Waals surface area contributed by atoms with Gasteiger partial charge in [-0.3, -0.25) is 0 Å². The second-order valence-electron chi connectivity index (χ2n) is 6.35. The maximum Gasteiger partial charge on any atom is 0.191 e. The molecule has 0 amide bonds. The molecule has 25 heavy (non-hydrogen) atoms. The number of guanidine groups is 1. The molecule has 1 saturated carbocycles. The Balaban J connectivity index is 0.00000312. The maximum absolute atomic E-state index is 5.51. The Morgan fingerprint density at radius 3 is 2.68 bits per heavy atom. The normalized spacial score (nSPS) is 15.2. The van der Waals surface area contributed by atoms with Crippen LogP contribution in [0.4, 0.5) is 0 Å². The van der Waals surface area contributed by atoms with Crippen molar-refractivity contribution in [3.05, 3.63) is 29.8 Å². The first kappa shape index (κ1) is 22.0. The minimum Gasteiger partial charge on any atom is -0.497 e. The molecule has 2 rings (SSSR count). The number of rotatable bonds is 10. The highest BCUT2D eigenvalue weighted by molar-refractivity contribution is 14.0. The fourth-order valence-corrected chi connectivity index (χ4v) is 2.68. The van der Waals surface area contributed by atoms with E-state index in [0.717, 1.165) is 50.0 Å². The van der Waals surface area contributed by atoms with Crippen molar-refractivity contribution >= 4 is 29.9 Å². The average molecular weight is 461 g/mol. The molecule has 0 atom stereocenters. The number of hydrogen-bond acceptors (Lipinski definition) is 3. The molecule has 2 N–H and O–H groups in total. The summed E-state index contributed by atoms with van der Waals surface area (Å²) in [5, 5.41) is 6.83. The average Bonchev–Trinajstić information content (AvgIpc) is 3.38. The van der Waals surface area contributed by atoms with Crippen molar-refractivity contribution in [2.45, 2.75) is 39.7 Å². The number of hydrogen-bond donors (Lipinski definition) is 2. The Morgan fingerprint density at radius 2 is 2.04 bits per heavy atom. The molecule has 1 aromatic rings. The molecular weight excluding hydrogens is 429 g/mol. The third kappa shape index (κ3) is 7.81. The Morgan fingerprint density at radius 1 is 1.24 bits per heavy atom. The smallest absolute Gasteiger partial charge is 0.191 e. The molecule has 142 valence electrons. The molecule has 1 aliphatic rings. The van der Waals surface area contributed by atoms with Crippen molar-refractivity contribution in [3.8, 4) is 5.75 Å². The van der Waals surface area contributed by atoms with Gasteiger partial charge in [-0.05, 0) is 56.2 Å². The molecule has 1 aromatic carbocycles. The molecule has 0 radical (unpaired) electrons. The molecule has 0 unspecified atom stereocenters. The minimum atomic E-state index is 0. The summed E-state index contributed by atoms with van der Waals surface area (Å²) in [6, 6.07) is 8.04. The number of nitrogens with one attached hydrogen (secondary N) is 2. The Labute approximate surface area is 169 Å². The van der Waals surface area contributed by atoms with Crippen LogP contribution in [0.5, 0.6) is 5.75 Å². The van der Waals surface area contributed by atoms with Gasteiger partial charge in [0, 0.05) is 26.3 Å². The molecule has 5 nitrogen and oxygen atoms in total. The summed E-state index contributed by atoms with van der Waals surface area (Å²) < 4.78 is 10.8. The highest BCUT2D eigenvalue weighted by Crippen LogP contribution is 2.48. The predicted octanol–water partition coefficient (Wildman–Crippen LogP) is 3.58. The maximum atomic E-state index is 5.51. The fraction of sp³-hybridized carbons (Fsp3) is 0.632. The summed E-state index contributed by atoms with van der Waals surface area (Å²) in [5.74, 6) is 1.75. The molecule has 0 aliphatic heterocycles. The molecule has 0 bridgehead atoms. The summed E-state index contributed by atoms with van der Waals surface area (Å²) in [5.41, 5.74) is 1.55. The van der Waals surface area contributed by atoms with E-state index < -0.39 is 0 Å². The Kier molecular flexibility index (Phi) is 10.2. The Hall–Kier alpha value is -1.02. The fourth-order valence-electron chi connectivity index (χ4n) is 2.68. The quantitative estimate of drug-likeness (QED) is 0.242. The lowest BCUT2D eigenvalue weighted by Crippen LogP contribution is -2.40. The van der Waals surface area contributed by atoms with Crippen molar-refractivity contribution < 1.29 is 9.47 Å². The van der Waals surface area contributed by atoms with Crippen molar-refractivity contribution in [2.75, 3.05) is 33.4 Å². The van der Waals surface area contributed by atoms with Gasteiger partial charge >= 0.3 is 0 Å². The molecule has 0 spiro atoms. The van der Waals surface area contributed by atoms with Crippen LogP contribution in [-0.4, -0.2) is 39.4 Å². The summed E-state index contributed by atoms with van der Waals surface area (Å²) in [6.45, 7) is 8.25. The monoisotopic (exact) mass is 461 g/mol. The van der Waals surface area contributed by atoms with Crippen LogP contribution >= 0.6 is 24.0 Å². The highest BCUT2D eigenvalue weighted by atomic mass is 127. The van der Waals surface area contributed by atoms with E-state index in [0.29, 0.717) is 12.0 Å². The number of halogens is 1. The van der Waals surface area contributed by atoms with E-state index >= 15 is 0 Å². The van der Waals surface area contributed by atoms with Crippen molar-refractivity contribution in [2.24, 2.45) is 10.4 Å². The van der Waals surface area contributed by atoms with Crippen LogP contribution in [-0.2, 0) is 11.3 Å². The van der Waals surface area contributed by atoms with E-state index in [2.05, 4.69) is 23.6 Å². The lowest BCUT2D eigenvalue weighted by Gasteiger charge is -2.18. The van der Waals surface area contributed by atoms with Crippen LogP contribution in [0.2, 0.25) is 0 Å². The molecular formula is C19H32IN3O2. The lowest BCUT2D eigenvalue weighted by atomic mass is 10.0. The van der Waals surface area contributed by atoms with Crippen LogP contribution in [0, 0.1) is 5.41 Å². The van der Waals surface area contributed by atoms with Gasteiger partial charge in [-0.15, -0.1) is 24.0 Å². The standard InChI is InChI=1S/C19H31N3O2.HI/c1-4-20-18(21-14-16-7-6-8-17(13-16)23-3)22-15-19(9-10-19)11-12-24-5-2;/h6-8,13H,4-5,9-12,14-15H2,1-3H3,(H2,20,21,22);1H. The first-order chi connectivity index (χ1) is 11.7. The third-order valence-corrected chi connectivity index (χ3v) is 4.47. The van der Waals surface area contributed by atoms with Crippen molar-refractivity contribution in [1.29, 1.82) is 0 Å².